The summed E-state index contributed by atoms with van der Waals surface area (Å²) in [5, 5.41) is 20.5. The Labute approximate surface area is 150 Å². The summed E-state index contributed by atoms with van der Waals surface area (Å²) in [6, 6.07) is 10.4. The van der Waals surface area contributed by atoms with Crippen LogP contribution in [0.3, 0.4) is 0 Å². The lowest BCUT2D eigenvalue weighted by molar-refractivity contribution is -0.137. The zero-order valence-corrected chi connectivity index (χ0v) is 13.7. The van der Waals surface area contributed by atoms with Crippen molar-refractivity contribution in [2.45, 2.75) is 6.18 Å². The van der Waals surface area contributed by atoms with Crippen LogP contribution in [-0.2, 0) is 6.18 Å². The first-order chi connectivity index (χ1) is 11.8. The molecular formula is C15H8Cl2F3N5. The molecule has 0 heterocycles. The van der Waals surface area contributed by atoms with Gasteiger partial charge < -0.3 is 0 Å². The normalized spacial score (nSPS) is 12.2. The van der Waals surface area contributed by atoms with Gasteiger partial charge in [0.25, 0.3) is 5.84 Å². The fourth-order valence-electron chi connectivity index (χ4n) is 1.66. The minimum atomic E-state index is -4.49. The molecule has 0 amide bonds. The first kappa shape index (κ1) is 18.7. The maximum atomic E-state index is 12.6. The minimum absolute atomic E-state index is 0.0661. The molecular weight excluding hydrogens is 378 g/mol. The van der Waals surface area contributed by atoms with Gasteiger partial charge in [-0.3, -0.25) is 5.43 Å². The summed E-state index contributed by atoms with van der Waals surface area (Å²) in [6.45, 7) is 0. The molecule has 5 nitrogen and oxygen atoms in total. The molecule has 0 saturated heterocycles. The Hall–Kier alpha value is -2.63. The Balaban J connectivity index is 2.16. The van der Waals surface area contributed by atoms with Crippen molar-refractivity contribution in [2.24, 2.45) is 15.3 Å². The summed E-state index contributed by atoms with van der Waals surface area (Å²) in [5.74, 6) is -0.395. The molecule has 0 fully saturated rings. The van der Waals surface area contributed by atoms with Gasteiger partial charge in [0.2, 0.25) is 0 Å². The minimum Gasteiger partial charge on any atom is -0.276 e. The van der Waals surface area contributed by atoms with Crippen molar-refractivity contribution in [3.05, 3.63) is 58.1 Å². The highest BCUT2D eigenvalue weighted by Gasteiger charge is 2.30. The molecule has 1 N–H and O–H groups in total. The molecule has 0 atom stereocenters. The highest BCUT2D eigenvalue weighted by molar-refractivity contribution is 6.35. The third-order valence-electron chi connectivity index (χ3n) is 2.69. The first-order valence-electron chi connectivity index (χ1n) is 6.57. The fourth-order valence-corrected chi connectivity index (χ4v) is 2.18. The monoisotopic (exact) mass is 385 g/mol. The molecule has 0 spiro atoms. The molecule has 0 bridgehead atoms. The van der Waals surface area contributed by atoms with Crippen LogP contribution in [0.5, 0.6) is 0 Å². The number of azo groups is 1. The Kier molecular flexibility index (Phi) is 5.96. The zero-order chi connectivity index (χ0) is 18.4. The third kappa shape index (κ3) is 5.74. The van der Waals surface area contributed by atoms with E-state index in [0.717, 1.165) is 12.1 Å². The number of nitriles is 1. The third-order valence-corrected chi connectivity index (χ3v) is 3.12. The molecule has 0 aliphatic heterocycles. The molecule has 0 aliphatic carbocycles. The predicted octanol–water partition coefficient (Wildman–Crippen LogP) is 6.05. The van der Waals surface area contributed by atoms with Gasteiger partial charge in [-0.1, -0.05) is 29.3 Å². The van der Waals surface area contributed by atoms with Crippen molar-refractivity contribution in [3.63, 3.8) is 0 Å². The van der Waals surface area contributed by atoms with Gasteiger partial charge in [0.05, 0.1) is 16.9 Å². The molecule has 0 radical (unpaired) electrons. The number of anilines is 1. The molecule has 2 aromatic carbocycles. The van der Waals surface area contributed by atoms with Gasteiger partial charge >= 0.3 is 6.18 Å². The number of hydrogen-bond acceptors (Lipinski definition) is 4. The van der Waals surface area contributed by atoms with Crippen molar-refractivity contribution in [2.75, 3.05) is 5.43 Å². The molecule has 2 rings (SSSR count). The molecule has 0 unspecified atom stereocenters. The van der Waals surface area contributed by atoms with E-state index in [9.17, 15) is 13.2 Å². The molecule has 25 heavy (non-hydrogen) atoms. The number of halogens is 5. The van der Waals surface area contributed by atoms with E-state index >= 15 is 0 Å². The van der Waals surface area contributed by atoms with E-state index < -0.39 is 17.6 Å². The Morgan fingerprint density at radius 2 is 1.76 bits per heavy atom. The highest BCUT2D eigenvalue weighted by atomic mass is 35.5. The average Bonchev–Trinajstić information content (AvgIpc) is 2.53. The van der Waals surface area contributed by atoms with Crippen molar-refractivity contribution >= 4 is 40.4 Å². The standard InChI is InChI=1S/C15H8Cl2F3N5/c16-10-5-11(17)7-13(6-10)23-25-14(8-21)24-22-12-3-1-2-9(4-12)15(18,19)20/h1-7,23H. The van der Waals surface area contributed by atoms with Crippen LogP contribution in [0, 0.1) is 11.3 Å². The van der Waals surface area contributed by atoms with Crippen LogP contribution in [0.2, 0.25) is 10.0 Å². The lowest BCUT2D eigenvalue weighted by Crippen LogP contribution is -2.03. The molecule has 0 aliphatic rings. The number of nitrogens with one attached hydrogen (secondary N) is 1. The van der Waals surface area contributed by atoms with Gasteiger partial charge in [0.1, 0.15) is 6.07 Å². The number of alkyl halides is 3. The molecule has 10 heteroatoms. The quantitative estimate of drug-likeness (QED) is 0.302. The van der Waals surface area contributed by atoms with E-state index in [4.69, 9.17) is 28.5 Å². The van der Waals surface area contributed by atoms with Gasteiger partial charge in [0.15, 0.2) is 0 Å². The SMILES string of the molecule is N#CC(N=Nc1cccc(C(F)(F)F)c1)=NNc1cc(Cl)cc(Cl)c1. The lowest BCUT2D eigenvalue weighted by atomic mass is 10.2. The van der Waals surface area contributed by atoms with Gasteiger partial charge in [-0.05, 0) is 36.4 Å². The molecule has 0 aromatic heterocycles. The van der Waals surface area contributed by atoms with Crippen LogP contribution in [0.4, 0.5) is 24.5 Å². The molecule has 2 aromatic rings. The van der Waals surface area contributed by atoms with E-state index in [1.165, 1.54) is 30.3 Å². The van der Waals surface area contributed by atoms with Crippen molar-refractivity contribution in [1.82, 2.24) is 0 Å². The van der Waals surface area contributed by atoms with E-state index in [1.807, 2.05) is 0 Å². The maximum Gasteiger partial charge on any atom is 0.416 e. The number of hydrazone groups is 1. The number of rotatable bonds is 3. The van der Waals surface area contributed by atoms with Crippen LogP contribution in [0.15, 0.2) is 57.8 Å². The highest BCUT2D eigenvalue weighted by Crippen LogP contribution is 2.31. The van der Waals surface area contributed by atoms with Gasteiger partial charge in [-0.25, -0.2) is 0 Å². The number of amidine groups is 1. The average molecular weight is 386 g/mol. The number of nitrogens with zero attached hydrogens (tertiary/aromatic N) is 4. The second-order valence-electron chi connectivity index (χ2n) is 4.57. The van der Waals surface area contributed by atoms with Crippen molar-refractivity contribution in [3.8, 4) is 6.07 Å². The number of benzene rings is 2. The van der Waals surface area contributed by atoms with E-state index in [2.05, 4.69) is 20.8 Å². The second-order valence-corrected chi connectivity index (χ2v) is 5.44. The van der Waals surface area contributed by atoms with Gasteiger partial charge in [0, 0.05) is 10.0 Å². The Morgan fingerprint density at radius 3 is 2.36 bits per heavy atom. The summed E-state index contributed by atoms with van der Waals surface area (Å²) < 4.78 is 37.9. The van der Waals surface area contributed by atoms with Gasteiger partial charge in [-0.15, -0.1) is 15.3 Å². The fraction of sp³-hybridized carbons (Fsp3) is 0.0667. The smallest absolute Gasteiger partial charge is 0.276 e. The van der Waals surface area contributed by atoms with Crippen molar-refractivity contribution in [1.29, 1.82) is 5.26 Å². The second kappa shape index (κ2) is 7.96. The van der Waals surface area contributed by atoms with Gasteiger partial charge in [-0.2, -0.15) is 18.4 Å². The predicted molar refractivity (Wildman–Crippen MR) is 89.1 cm³/mol. The van der Waals surface area contributed by atoms with E-state index in [-0.39, 0.29) is 5.69 Å². The molecule has 128 valence electrons. The summed E-state index contributed by atoms with van der Waals surface area (Å²) in [5.41, 5.74) is 1.98. The number of hydrogen-bond donors (Lipinski definition) is 1. The van der Waals surface area contributed by atoms with Crippen LogP contribution in [0.1, 0.15) is 5.56 Å². The maximum absolute atomic E-state index is 12.6. The van der Waals surface area contributed by atoms with Crippen LogP contribution in [0.25, 0.3) is 0 Å². The summed E-state index contributed by atoms with van der Waals surface area (Å²) >= 11 is 11.6. The van der Waals surface area contributed by atoms with Crippen LogP contribution in [-0.4, -0.2) is 5.84 Å². The van der Waals surface area contributed by atoms with Crippen molar-refractivity contribution < 1.29 is 13.2 Å². The summed E-state index contributed by atoms with van der Waals surface area (Å²) in [4.78, 5) is 0. The van der Waals surface area contributed by atoms with Crippen LogP contribution < -0.4 is 5.43 Å². The summed E-state index contributed by atoms with van der Waals surface area (Å²) in [7, 11) is 0. The van der Waals surface area contributed by atoms with E-state index in [0.29, 0.717) is 15.7 Å². The Morgan fingerprint density at radius 1 is 1.08 bits per heavy atom. The first-order valence-corrected chi connectivity index (χ1v) is 7.32. The summed E-state index contributed by atoms with van der Waals surface area (Å²) in [6.07, 6.45) is -4.49. The molecule has 0 saturated carbocycles. The van der Waals surface area contributed by atoms with Crippen LogP contribution >= 0.6 is 23.2 Å². The largest absolute Gasteiger partial charge is 0.416 e. The lowest BCUT2D eigenvalue weighted by Gasteiger charge is -2.05. The van der Waals surface area contributed by atoms with E-state index in [1.54, 1.807) is 6.07 Å². The topological polar surface area (TPSA) is 72.9 Å². The zero-order valence-electron chi connectivity index (χ0n) is 12.2. The Bertz CT molecular complexity index is 852.